The fraction of sp³-hybridized carbons (Fsp3) is 0.0556. The molecule has 0 unspecified atom stereocenters. The average Bonchev–Trinajstić information content (AvgIpc) is 3.11. The zero-order valence-corrected chi connectivity index (χ0v) is 15.8. The van der Waals surface area contributed by atoms with Gasteiger partial charge in [0, 0.05) is 15.6 Å². The van der Waals surface area contributed by atoms with Crippen LogP contribution in [0.25, 0.3) is 5.69 Å². The zero-order valence-electron chi connectivity index (χ0n) is 14.3. The second kappa shape index (κ2) is 8.14. The molecule has 1 heterocycles. The van der Waals surface area contributed by atoms with Crippen molar-refractivity contribution in [2.45, 2.75) is 6.18 Å². The molecule has 0 saturated heterocycles. The summed E-state index contributed by atoms with van der Waals surface area (Å²) >= 11 is 11.6. The number of rotatable bonds is 3. The van der Waals surface area contributed by atoms with Gasteiger partial charge in [-0.3, -0.25) is 20.4 Å². The molecule has 6 nitrogen and oxygen atoms in total. The summed E-state index contributed by atoms with van der Waals surface area (Å²) in [7, 11) is 0. The number of carbonyl (C=O) groups excluding carboxylic acids is 2. The van der Waals surface area contributed by atoms with Crippen LogP contribution in [0.5, 0.6) is 0 Å². The van der Waals surface area contributed by atoms with Crippen LogP contribution in [0.2, 0.25) is 10.0 Å². The van der Waals surface area contributed by atoms with Crippen molar-refractivity contribution < 1.29 is 22.8 Å². The molecule has 2 N–H and O–H groups in total. The second-order valence-corrected chi connectivity index (χ2v) is 6.59. The number of aromatic nitrogens is 2. The summed E-state index contributed by atoms with van der Waals surface area (Å²) in [5.41, 5.74) is 2.05. The third kappa shape index (κ3) is 4.69. The Morgan fingerprint density at radius 2 is 1.52 bits per heavy atom. The van der Waals surface area contributed by atoms with Gasteiger partial charge in [-0.05, 0) is 30.3 Å². The van der Waals surface area contributed by atoms with E-state index in [1.54, 1.807) is 6.07 Å². The van der Waals surface area contributed by atoms with E-state index in [4.69, 9.17) is 23.2 Å². The molecule has 2 amide bonds. The van der Waals surface area contributed by atoms with Crippen molar-refractivity contribution in [2.24, 2.45) is 0 Å². The van der Waals surface area contributed by atoms with Gasteiger partial charge in [0.25, 0.3) is 11.8 Å². The maximum atomic E-state index is 13.6. The smallest absolute Gasteiger partial charge is 0.267 e. The molecule has 0 aliphatic carbocycles. The van der Waals surface area contributed by atoms with Gasteiger partial charge in [0.05, 0.1) is 17.4 Å². The van der Waals surface area contributed by atoms with Crippen LogP contribution in [0.3, 0.4) is 0 Å². The molecule has 0 atom stereocenters. The summed E-state index contributed by atoms with van der Waals surface area (Å²) in [5.74, 6) is -2.01. The molecule has 3 rings (SSSR count). The molecule has 0 bridgehead atoms. The Kier molecular flexibility index (Phi) is 5.81. The fourth-order valence-corrected chi connectivity index (χ4v) is 3.02. The number of para-hydroxylation sites is 1. The number of halogens is 5. The maximum Gasteiger partial charge on any atom is 0.434 e. The minimum absolute atomic E-state index is 0.0128. The van der Waals surface area contributed by atoms with E-state index in [9.17, 15) is 22.8 Å². The van der Waals surface area contributed by atoms with Gasteiger partial charge >= 0.3 is 6.18 Å². The molecule has 0 fully saturated rings. The summed E-state index contributed by atoms with van der Waals surface area (Å²) < 4.78 is 41.4. The van der Waals surface area contributed by atoms with Crippen molar-refractivity contribution in [1.29, 1.82) is 0 Å². The molecule has 2 aromatic carbocycles. The second-order valence-electron chi connectivity index (χ2n) is 5.72. The van der Waals surface area contributed by atoms with Gasteiger partial charge in [0.2, 0.25) is 0 Å². The van der Waals surface area contributed by atoms with E-state index in [1.165, 1.54) is 42.5 Å². The van der Waals surface area contributed by atoms with E-state index in [0.717, 1.165) is 6.20 Å². The largest absolute Gasteiger partial charge is 0.434 e. The highest BCUT2D eigenvalue weighted by Crippen LogP contribution is 2.33. The maximum absolute atomic E-state index is 13.6. The van der Waals surface area contributed by atoms with Crippen LogP contribution in [0, 0.1) is 0 Å². The Labute approximate surface area is 172 Å². The number of carbonyl (C=O) groups is 2. The number of hydrazine groups is 1. The lowest BCUT2D eigenvalue weighted by atomic mass is 10.2. The summed E-state index contributed by atoms with van der Waals surface area (Å²) in [4.78, 5) is 24.4. The van der Waals surface area contributed by atoms with Crippen molar-refractivity contribution in [2.75, 3.05) is 0 Å². The fourth-order valence-electron chi connectivity index (χ4n) is 2.49. The van der Waals surface area contributed by atoms with E-state index in [1.807, 2.05) is 10.9 Å². The lowest BCUT2D eigenvalue weighted by molar-refractivity contribution is -0.143. The first-order chi connectivity index (χ1) is 13.7. The number of nitrogens with zero attached hydrogens (tertiary/aromatic N) is 2. The van der Waals surface area contributed by atoms with Crippen LogP contribution >= 0.6 is 23.2 Å². The van der Waals surface area contributed by atoms with Crippen LogP contribution in [0.4, 0.5) is 13.2 Å². The van der Waals surface area contributed by atoms with Crippen molar-refractivity contribution >= 4 is 35.0 Å². The summed E-state index contributed by atoms with van der Waals surface area (Å²) in [5, 5.41) is 4.03. The number of hydrogen-bond acceptors (Lipinski definition) is 3. The highest BCUT2D eigenvalue weighted by molar-refractivity contribution is 6.35. The van der Waals surface area contributed by atoms with E-state index < -0.39 is 29.2 Å². The number of benzene rings is 2. The lowest BCUT2D eigenvalue weighted by Crippen LogP contribution is -2.42. The molecule has 29 heavy (non-hydrogen) atoms. The van der Waals surface area contributed by atoms with E-state index in [-0.39, 0.29) is 21.3 Å². The van der Waals surface area contributed by atoms with Crippen LogP contribution in [0.15, 0.2) is 54.7 Å². The zero-order chi connectivity index (χ0) is 21.2. The minimum Gasteiger partial charge on any atom is -0.267 e. The quantitative estimate of drug-likeness (QED) is 0.594. The molecule has 11 heteroatoms. The van der Waals surface area contributed by atoms with Gasteiger partial charge in [-0.2, -0.15) is 18.3 Å². The Morgan fingerprint density at radius 3 is 2.10 bits per heavy atom. The highest BCUT2D eigenvalue weighted by atomic mass is 35.5. The van der Waals surface area contributed by atoms with Gasteiger partial charge < -0.3 is 0 Å². The van der Waals surface area contributed by atoms with Crippen LogP contribution < -0.4 is 10.9 Å². The van der Waals surface area contributed by atoms with Gasteiger partial charge in [0.1, 0.15) is 0 Å². The van der Waals surface area contributed by atoms with Crippen molar-refractivity contribution in [1.82, 2.24) is 20.6 Å². The van der Waals surface area contributed by atoms with Gasteiger partial charge in [-0.1, -0.05) is 41.4 Å². The summed E-state index contributed by atoms with van der Waals surface area (Å²) in [6, 6.07) is 11.5. The predicted molar refractivity (Wildman–Crippen MR) is 100.0 cm³/mol. The van der Waals surface area contributed by atoms with Crippen molar-refractivity contribution in [3.8, 4) is 5.69 Å². The summed E-state index contributed by atoms with van der Waals surface area (Å²) in [6.45, 7) is 0. The molecule has 0 spiro atoms. The van der Waals surface area contributed by atoms with E-state index in [0.29, 0.717) is 4.68 Å². The lowest BCUT2D eigenvalue weighted by Gasteiger charge is -2.13. The SMILES string of the molecule is O=C(NNC(=O)c1cnn(-c2ccccc2)c1C(F)(F)F)c1cc(Cl)cc(Cl)c1. The third-order valence-corrected chi connectivity index (χ3v) is 4.13. The van der Waals surface area contributed by atoms with E-state index in [2.05, 4.69) is 5.10 Å². The Morgan fingerprint density at radius 1 is 0.931 bits per heavy atom. The van der Waals surface area contributed by atoms with Gasteiger partial charge in [-0.15, -0.1) is 0 Å². The molecule has 0 radical (unpaired) electrons. The molecule has 0 saturated carbocycles. The first-order valence-corrected chi connectivity index (χ1v) is 8.70. The Balaban J connectivity index is 1.84. The number of amides is 2. The van der Waals surface area contributed by atoms with Crippen LogP contribution in [-0.4, -0.2) is 21.6 Å². The molecule has 150 valence electrons. The number of hydrogen-bond donors (Lipinski definition) is 2. The first kappa shape index (κ1) is 20.7. The summed E-state index contributed by atoms with van der Waals surface area (Å²) in [6.07, 6.45) is -4.10. The third-order valence-electron chi connectivity index (χ3n) is 3.70. The highest BCUT2D eigenvalue weighted by Gasteiger charge is 2.40. The molecule has 3 aromatic rings. The Bertz CT molecular complexity index is 1050. The minimum atomic E-state index is -4.87. The van der Waals surface area contributed by atoms with Crippen molar-refractivity contribution in [3.63, 3.8) is 0 Å². The molecule has 0 aliphatic heterocycles. The number of nitrogens with one attached hydrogen (secondary N) is 2. The molecule has 1 aromatic heterocycles. The van der Waals surface area contributed by atoms with Gasteiger partial charge in [0.15, 0.2) is 5.69 Å². The monoisotopic (exact) mass is 442 g/mol. The normalized spacial score (nSPS) is 11.2. The van der Waals surface area contributed by atoms with Crippen LogP contribution in [-0.2, 0) is 6.18 Å². The first-order valence-electron chi connectivity index (χ1n) is 7.94. The van der Waals surface area contributed by atoms with E-state index >= 15 is 0 Å². The topological polar surface area (TPSA) is 76.0 Å². The average molecular weight is 443 g/mol. The number of alkyl halides is 3. The van der Waals surface area contributed by atoms with Gasteiger partial charge in [-0.25, -0.2) is 4.68 Å². The molecular weight excluding hydrogens is 432 g/mol. The standard InChI is InChI=1S/C18H11Cl2F3N4O2/c19-11-6-10(7-12(20)8-11)16(28)25-26-17(29)14-9-24-27(15(14)18(21,22)23)13-4-2-1-3-5-13/h1-9H,(H,25,28)(H,26,29). The Hall–Kier alpha value is -3.04. The van der Waals surface area contributed by atoms with Crippen LogP contribution in [0.1, 0.15) is 26.4 Å². The van der Waals surface area contributed by atoms with Crippen molar-refractivity contribution in [3.05, 3.63) is 81.6 Å². The predicted octanol–water partition coefficient (Wildman–Crippen LogP) is 4.27. The molecular formula is C18H11Cl2F3N4O2. The molecule has 0 aliphatic rings.